The molecule has 4 aromatic rings. The Labute approximate surface area is 576 Å². The number of aliphatic hydroxyl groups excluding tert-OH is 1. The number of hydrogen-bond donors (Lipinski definition) is 16. The standard InChI is InChI=1S/C67H89ClN16O15/c1-36(2)27-48(58(91)77-47(11-7-24-74-67(70)71)66(99)84-26-8-12-55(84)65(98)75-37(3)57(69)90)78-60(93)51(31-41-13-18-42-9-5-6-10-43(42)28-41)80-59(92)49(30-40-16-21-45(87)22-17-40)81-64(97)54(35-85)83-63(96)53-34-72-33-46(88)23-25-73-56(89)32-52(76-38(4)86)62(95)79-50(61(94)82-53)29-39-14-19-44(68)20-15-39/h5-6,9-10,13-22,28,36-37,47-55,72,85,87H,7-8,11-12,23-27,29-35H2,1-4H3,(H2,69,90)(H,73,89)(H,75,98)(H,76,86)(H,77,91)(H,78,93)(H,79,95)(H,80,92)(H,81,97)(H,82,94)(H,83,96)(H4,70,71,74)/t37-,47+,48+,49+,50-,51-,52-,53-,54+,55+/m1/s1. The average Bonchev–Trinajstić information content (AvgIpc) is 1.81. The monoisotopic (exact) mass is 1390 g/mol. The highest BCUT2D eigenvalue weighted by Gasteiger charge is 2.40. The number of carbonyl (C=O) groups is 13. The number of hydrogen-bond acceptors (Lipinski definition) is 17. The number of nitrogens with one attached hydrogen (secondary N) is 11. The molecule has 2 aliphatic rings. The predicted octanol–water partition coefficient (Wildman–Crippen LogP) is -2.73. The molecule has 19 N–H and O–H groups in total. The van der Waals surface area contributed by atoms with E-state index in [2.05, 4.69) is 63.5 Å². The molecule has 2 saturated heterocycles. The molecule has 0 aromatic heterocycles. The second-order valence-corrected chi connectivity index (χ2v) is 25.3. The fourth-order valence-corrected chi connectivity index (χ4v) is 11.2. The number of Topliss-reactive ketones (excluding diaryl/α,β-unsaturated/α-hetero) is 1. The van der Waals surface area contributed by atoms with Crippen LogP contribution in [0.2, 0.25) is 5.02 Å². The quantitative estimate of drug-likeness (QED) is 0.0156. The van der Waals surface area contributed by atoms with Crippen LogP contribution in [0.4, 0.5) is 0 Å². The summed E-state index contributed by atoms with van der Waals surface area (Å²) in [5, 5.41) is 51.7. The second kappa shape index (κ2) is 38.0. The van der Waals surface area contributed by atoms with Crippen molar-refractivity contribution in [1.29, 1.82) is 0 Å². The molecular formula is C67H89ClN16O15. The van der Waals surface area contributed by atoms with Gasteiger partial charge in [-0.2, -0.15) is 0 Å². The van der Waals surface area contributed by atoms with E-state index in [1.54, 1.807) is 38.1 Å². The van der Waals surface area contributed by atoms with Crippen LogP contribution < -0.4 is 75.7 Å². The number of primary amides is 1. The first kappa shape index (κ1) is 77.7. The van der Waals surface area contributed by atoms with Gasteiger partial charge >= 0.3 is 0 Å². The zero-order valence-corrected chi connectivity index (χ0v) is 56.3. The van der Waals surface area contributed by atoms with Gasteiger partial charge in [-0.05, 0) is 96.7 Å². The summed E-state index contributed by atoms with van der Waals surface area (Å²) in [5.74, 6) is -11.4. The van der Waals surface area contributed by atoms with E-state index in [-0.39, 0.29) is 95.2 Å². The number of aromatic hydroxyl groups is 1. The Morgan fingerprint density at radius 3 is 1.94 bits per heavy atom. The molecule has 2 heterocycles. The number of nitrogens with two attached hydrogens (primary N) is 3. The Balaban J connectivity index is 1.29. The number of aliphatic imine (C=N–C) groups is 1. The summed E-state index contributed by atoms with van der Waals surface area (Å²) in [7, 11) is 0. The zero-order valence-electron chi connectivity index (χ0n) is 55.5. The number of ketones is 1. The van der Waals surface area contributed by atoms with Crippen LogP contribution in [0, 0.1) is 5.92 Å². The zero-order chi connectivity index (χ0) is 72.5. The molecule has 0 unspecified atom stereocenters. The number of phenolic OH excluding ortho intramolecular Hbond substituents is 1. The van der Waals surface area contributed by atoms with E-state index in [4.69, 9.17) is 28.8 Å². The fourth-order valence-electron chi connectivity index (χ4n) is 11.1. The molecule has 12 amide bonds. The lowest BCUT2D eigenvalue weighted by molar-refractivity contribution is -0.142. The Kier molecular flexibility index (Phi) is 29.9. The normalized spacial score (nSPS) is 18.8. The predicted molar refractivity (Wildman–Crippen MR) is 364 cm³/mol. The third-order valence-electron chi connectivity index (χ3n) is 16.3. The Bertz CT molecular complexity index is 3590. The maximum absolute atomic E-state index is 15.1. The van der Waals surface area contributed by atoms with E-state index < -0.39 is 157 Å². The molecule has 31 nitrogen and oxygen atoms in total. The van der Waals surface area contributed by atoms with E-state index in [0.29, 0.717) is 28.1 Å². The first-order valence-electron chi connectivity index (χ1n) is 32.5. The minimum atomic E-state index is -1.88. The SMILES string of the molecule is CC(=O)N[C@@H]1CC(=O)NCCC(=O)CNC[C@H](C(=O)N[C@@H](CO)C(=O)N[C@@H](Cc2ccc(O)cc2)C(=O)N[C@H](Cc2ccc3ccccc3c2)C(=O)N[C@@H](CC(C)C)C(=O)N[C@@H](CCCN=C(N)N)C(=O)N2CCC[C@H]2C(=O)N[C@H](C)C(N)=O)NC(=O)[C@@H](Cc2ccc(Cl)cc2)NC1=O. The molecule has 0 aliphatic carbocycles. The number of guanidine groups is 1. The molecule has 534 valence electrons. The molecule has 0 saturated carbocycles. The van der Waals surface area contributed by atoms with E-state index in [0.717, 1.165) is 17.7 Å². The van der Waals surface area contributed by atoms with E-state index in [1.807, 2.05) is 30.3 Å². The smallest absolute Gasteiger partial charge is 0.245 e. The number of phenols is 1. The number of fused-ring (bicyclic) bond motifs is 1. The highest BCUT2D eigenvalue weighted by Crippen LogP contribution is 2.22. The van der Waals surface area contributed by atoms with Gasteiger partial charge in [0.05, 0.1) is 19.6 Å². The van der Waals surface area contributed by atoms with Crippen molar-refractivity contribution < 1.29 is 72.5 Å². The van der Waals surface area contributed by atoms with Crippen LogP contribution >= 0.6 is 11.6 Å². The fraction of sp³-hybridized carbons (Fsp3) is 0.463. The summed E-state index contributed by atoms with van der Waals surface area (Å²) >= 11 is 6.14. The highest BCUT2D eigenvalue weighted by molar-refractivity contribution is 6.30. The molecule has 10 atom stereocenters. The molecule has 32 heteroatoms. The van der Waals surface area contributed by atoms with Gasteiger partial charge in [-0.25, -0.2) is 0 Å². The van der Waals surface area contributed by atoms with Gasteiger partial charge < -0.3 is 90.8 Å². The second-order valence-electron chi connectivity index (χ2n) is 24.8. The van der Waals surface area contributed by atoms with Gasteiger partial charge in [0.1, 0.15) is 72.0 Å². The third kappa shape index (κ3) is 25.0. The van der Waals surface area contributed by atoms with Gasteiger partial charge in [0.15, 0.2) is 5.96 Å². The van der Waals surface area contributed by atoms with Crippen molar-refractivity contribution in [2.24, 2.45) is 28.1 Å². The topological polar surface area (TPSA) is 488 Å². The number of rotatable bonds is 28. The molecular weight excluding hydrogens is 1300 g/mol. The van der Waals surface area contributed by atoms with Gasteiger partial charge in [0.25, 0.3) is 0 Å². The molecule has 0 spiro atoms. The summed E-state index contributed by atoms with van der Waals surface area (Å²) in [6.45, 7) is 4.13. The van der Waals surface area contributed by atoms with Crippen molar-refractivity contribution in [3.8, 4) is 5.75 Å². The number of amides is 12. The molecule has 2 fully saturated rings. The lowest BCUT2D eigenvalue weighted by atomic mass is 9.98. The van der Waals surface area contributed by atoms with Crippen molar-refractivity contribution >= 4 is 105 Å². The van der Waals surface area contributed by atoms with Crippen molar-refractivity contribution in [3.05, 3.63) is 113 Å². The average molecular weight is 1390 g/mol. The van der Waals surface area contributed by atoms with Gasteiger partial charge in [0, 0.05) is 63.8 Å². The highest BCUT2D eigenvalue weighted by atomic mass is 35.5. The molecule has 4 aromatic carbocycles. The Morgan fingerprint density at radius 1 is 0.697 bits per heavy atom. The van der Waals surface area contributed by atoms with Gasteiger partial charge in [0.2, 0.25) is 70.9 Å². The number of nitrogens with zero attached hydrogens (tertiary/aromatic N) is 2. The summed E-state index contributed by atoms with van der Waals surface area (Å²) in [6, 6.07) is 9.99. The summed E-state index contributed by atoms with van der Waals surface area (Å²) in [6.07, 6.45) is -0.759. The Morgan fingerprint density at radius 2 is 1.30 bits per heavy atom. The maximum Gasteiger partial charge on any atom is 0.245 e. The number of likely N-dealkylation sites (tertiary alicyclic amines) is 1. The van der Waals surface area contributed by atoms with Crippen LogP contribution in [0.25, 0.3) is 10.8 Å². The van der Waals surface area contributed by atoms with Crippen molar-refractivity contribution in [1.82, 2.24) is 63.4 Å². The maximum atomic E-state index is 15.1. The number of benzene rings is 4. The summed E-state index contributed by atoms with van der Waals surface area (Å²) in [5.41, 5.74) is 17.9. The molecule has 99 heavy (non-hydrogen) atoms. The molecule has 2 aliphatic heterocycles. The first-order valence-corrected chi connectivity index (χ1v) is 32.9. The van der Waals surface area contributed by atoms with Crippen LogP contribution in [0.15, 0.2) is 96.0 Å². The van der Waals surface area contributed by atoms with Crippen LogP contribution in [0.1, 0.15) is 89.3 Å². The largest absolute Gasteiger partial charge is 0.508 e. The molecule has 6 rings (SSSR count). The molecule has 0 radical (unpaired) electrons. The van der Waals surface area contributed by atoms with E-state index in [9.17, 15) is 63.0 Å². The van der Waals surface area contributed by atoms with Crippen LogP contribution in [0.5, 0.6) is 5.75 Å². The number of carbonyl (C=O) groups excluding carboxylic acids is 13. The van der Waals surface area contributed by atoms with Gasteiger partial charge in [-0.3, -0.25) is 67.3 Å². The lowest BCUT2D eigenvalue weighted by Gasteiger charge is -2.31. The van der Waals surface area contributed by atoms with E-state index in [1.165, 1.54) is 48.2 Å². The van der Waals surface area contributed by atoms with Crippen molar-refractivity contribution in [2.45, 2.75) is 152 Å². The van der Waals surface area contributed by atoms with Crippen LogP contribution in [-0.2, 0) is 81.6 Å². The lowest BCUT2D eigenvalue weighted by Crippen LogP contribution is -2.62. The minimum Gasteiger partial charge on any atom is -0.508 e. The van der Waals surface area contributed by atoms with Gasteiger partial charge in [-0.1, -0.05) is 92.2 Å². The Hall–Kier alpha value is -10.3. The van der Waals surface area contributed by atoms with Crippen LogP contribution in [0.3, 0.4) is 0 Å². The minimum absolute atomic E-state index is 0.00278. The first-order chi connectivity index (χ1) is 47.1. The van der Waals surface area contributed by atoms with Gasteiger partial charge in [-0.15, -0.1) is 0 Å². The van der Waals surface area contributed by atoms with Crippen LogP contribution in [-0.4, -0.2) is 197 Å². The third-order valence-corrected chi connectivity index (χ3v) is 16.6. The summed E-state index contributed by atoms with van der Waals surface area (Å²) < 4.78 is 0. The van der Waals surface area contributed by atoms with Crippen molar-refractivity contribution in [3.63, 3.8) is 0 Å². The summed E-state index contributed by atoms with van der Waals surface area (Å²) in [4.78, 5) is 186. The van der Waals surface area contributed by atoms with E-state index >= 15 is 9.59 Å². The van der Waals surface area contributed by atoms with Crippen molar-refractivity contribution in [2.75, 3.05) is 39.3 Å². The number of halogens is 1. The molecule has 0 bridgehead atoms. The number of aliphatic hydroxyl groups is 1.